The van der Waals surface area contributed by atoms with E-state index in [1.165, 1.54) is 12.1 Å². The molecule has 2 rings (SSSR count). The van der Waals surface area contributed by atoms with E-state index in [-0.39, 0.29) is 5.82 Å². The fourth-order valence-electron chi connectivity index (χ4n) is 1.66. The minimum absolute atomic E-state index is 0.294. The maximum atomic E-state index is 12.9. The van der Waals surface area contributed by atoms with Gasteiger partial charge in [-0.1, -0.05) is 29.7 Å². The third-order valence-electron chi connectivity index (χ3n) is 2.80. The van der Waals surface area contributed by atoms with Crippen molar-refractivity contribution in [1.29, 1.82) is 0 Å². The molecule has 0 saturated carbocycles. The molecular weight excluding hydrogens is 269 g/mol. The second kappa shape index (κ2) is 6.12. The van der Waals surface area contributed by atoms with E-state index < -0.39 is 0 Å². The predicted octanol–water partition coefficient (Wildman–Crippen LogP) is 2.59. The molecule has 1 unspecified atom stereocenters. The van der Waals surface area contributed by atoms with Crippen LogP contribution < -0.4 is 5.73 Å². The third-order valence-corrected chi connectivity index (χ3v) is 3.15. The second-order valence-corrected chi connectivity index (χ2v) is 4.97. The Morgan fingerprint density at radius 3 is 2.95 bits per heavy atom. The Morgan fingerprint density at radius 1 is 1.47 bits per heavy atom. The van der Waals surface area contributed by atoms with Crippen molar-refractivity contribution < 1.29 is 8.91 Å². The number of halogens is 2. The van der Waals surface area contributed by atoms with Crippen molar-refractivity contribution in [2.24, 2.45) is 11.7 Å². The molecule has 2 N–H and O–H groups in total. The van der Waals surface area contributed by atoms with Gasteiger partial charge in [0.25, 0.3) is 0 Å². The smallest absolute Gasteiger partial charge is 0.226 e. The lowest BCUT2D eigenvalue weighted by Crippen LogP contribution is -2.13. The van der Waals surface area contributed by atoms with Gasteiger partial charge in [-0.25, -0.2) is 4.39 Å². The number of hydrogen-bond donors (Lipinski definition) is 1. The minimum Gasteiger partial charge on any atom is -0.339 e. The van der Waals surface area contributed by atoms with Crippen LogP contribution in [-0.2, 0) is 12.8 Å². The Labute approximate surface area is 115 Å². The van der Waals surface area contributed by atoms with Crippen LogP contribution in [0.2, 0.25) is 5.02 Å². The molecule has 0 aliphatic heterocycles. The van der Waals surface area contributed by atoms with Gasteiger partial charge in [-0.3, -0.25) is 0 Å². The molecule has 0 fully saturated rings. The molecule has 102 valence electrons. The van der Waals surface area contributed by atoms with E-state index in [1.54, 1.807) is 6.07 Å². The minimum atomic E-state index is -0.362. The number of hydrogen-bond acceptors (Lipinski definition) is 4. The molecule has 1 heterocycles. The van der Waals surface area contributed by atoms with Crippen LogP contribution in [0, 0.1) is 11.7 Å². The SMILES string of the molecule is CC(CN)Cc1nc(Cc2ccc(F)cc2Cl)no1. The fraction of sp³-hybridized carbons (Fsp3) is 0.385. The van der Waals surface area contributed by atoms with Gasteiger partial charge in [0, 0.05) is 17.9 Å². The van der Waals surface area contributed by atoms with Gasteiger partial charge in [0.2, 0.25) is 5.89 Å². The van der Waals surface area contributed by atoms with Crippen molar-refractivity contribution in [2.75, 3.05) is 6.54 Å². The van der Waals surface area contributed by atoms with Crippen LogP contribution >= 0.6 is 11.6 Å². The maximum Gasteiger partial charge on any atom is 0.226 e. The van der Waals surface area contributed by atoms with Crippen molar-refractivity contribution in [1.82, 2.24) is 10.1 Å². The first kappa shape index (κ1) is 14.0. The van der Waals surface area contributed by atoms with Gasteiger partial charge in [-0.2, -0.15) is 4.98 Å². The summed E-state index contributed by atoms with van der Waals surface area (Å²) in [6.45, 7) is 2.59. The van der Waals surface area contributed by atoms with E-state index in [1.807, 2.05) is 6.92 Å². The summed E-state index contributed by atoms with van der Waals surface area (Å²) in [6, 6.07) is 4.25. The Kier molecular flexibility index (Phi) is 4.50. The highest BCUT2D eigenvalue weighted by Crippen LogP contribution is 2.19. The first-order chi connectivity index (χ1) is 9.08. The van der Waals surface area contributed by atoms with E-state index >= 15 is 0 Å². The van der Waals surface area contributed by atoms with Crippen molar-refractivity contribution >= 4 is 11.6 Å². The first-order valence-electron chi connectivity index (χ1n) is 6.04. The van der Waals surface area contributed by atoms with Crippen LogP contribution in [-0.4, -0.2) is 16.7 Å². The third kappa shape index (κ3) is 3.75. The highest BCUT2D eigenvalue weighted by molar-refractivity contribution is 6.31. The van der Waals surface area contributed by atoms with Crippen LogP contribution in [0.1, 0.15) is 24.2 Å². The molecule has 0 aliphatic carbocycles. The Morgan fingerprint density at radius 2 is 2.26 bits per heavy atom. The molecule has 6 heteroatoms. The zero-order chi connectivity index (χ0) is 13.8. The van der Waals surface area contributed by atoms with E-state index in [2.05, 4.69) is 10.1 Å². The van der Waals surface area contributed by atoms with Gasteiger partial charge in [0.05, 0.1) is 0 Å². The van der Waals surface area contributed by atoms with Gasteiger partial charge in [0.1, 0.15) is 5.82 Å². The summed E-state index contributed by atoms with van der Waals surface area (Å²) in [5.74, 6) is 1.03. The van der Waals surface area contributed by atoms with Crippen molar-refractivity contribution in [3.05, 3.63) is 46.3 Å². The molecule has 2 aromatic rings. The van der Waals surface area contributed by atoms with Crippen LogP contribution in [0.5, 0.6) is 0 Å². The number of nitrogens with zero attached hydrogens (tertiary/aromatic N) is 2. The van der Waals surface area contributed by atoms with Gasteiger partial charge >= 0.3 is 0 Å². The van der Waals surface area contributed by atoms with Gasteiger partial charge in [-0.15, -0.1) is 0 Å². The Hall–Kier alpha value is -1.46. The number of benzene rings is 1. The van der Waals surface area contributed by atoms with Crippen molar-refractivity contribution in [2.45, 2.75) is 19.8 Å². The highest BCUT2D eigenvalue weighted by atomic mass is 35.5. The van der Waals surface area contributed by atoms with E-state index in [4.69, 9.17) is 21.9 Å². The predicted molar refractivity (Wildman–Crippen MR) is 70.4 cm³/mol. The van der Waals surface area contributed by atoms with Crippen LogP contribution in [0.4, 0.5) is 4.39 Å². The molecule has 0 amide bonds. The van der Waals surface area contributed by atoms with Crippen LogP contribution in [0.25, 0.3) is 0 Å². The quantitative estimate of drug-likeness (QED) is 0.916. The zero-order valence-corrected chi connectivity index (χ0v) is 11.3. The second-order valence-electron chi connectivity index (χ2n) is 4.56. The normalized spacial score (nSPS) is 12.6. The number of aromatic nitrogens is 2. The Bertz CT molecular complexity index is 559. The lowest BCUT2D eigenvalue weighted by Gasteiger charge is -2.02. The molecule has 19 heavy (non-hydrogen) atoms. The lowest BCUT2D eigenvalue weighted by molar-refractivity contribution is 0.356. The van der Waals surface area contributed by atoms with E-state index in [0.717, 1.165) is 5.56 Å². The molecule has 0 bridgehead atoms. The summed E-state index contributed by atoms with van der Waals surface area (Å²) in [6.07, 6.45) is 1.07. The summed E-state index contributed by atoms with van der Waals surface area (Å²) < 4.78 is 18.1. The molecule has 1 aromatic carbocycles. The largest absolute Gasteiger partial charge is 0.339 e. The molecule has 1 atom stereocenters. The first-order valence-corrected chi connectivity index (χ1v) is 6.41. The summed E-state index contributed by atoms with van der Waals surface area (Å²) in [7, 11) is 0. The van der Waals surface area contributed by atoms with Gasteiger partial charge in [-0.05, 0) is 30.2 Å². The maximum absolute atomic E-state index is 12.9. The van der Waals surface area contributed by atoms with Gasteiger partial charge < -0.3 is 10.3 Å². The Balaban J connectivity index is 2.07. The monoisotopic (exact) mass is 283 g/mol. The van der Waals surface area contributed by atoms with Crippen molar-refractivity contribution in [3.8, 4) is 0 Å². The van der Waals surface area contributed by atoms with Crippen LogP contribution in [0.3, 0.4) is 0 Å². The summed E-state index contributed by atoms with van der Waals surface area (Å²) >= 11 is 5.95. The molecule has 1 aromatic heterocycles. The number of rotatable bonds is 5. The summed E-state index contributed by atoms with van der Waals surface area (Å²) in [5.41, 5.74) is 6.31. The molecule has 0 radical (unpaired) electrons. The summed E-state index contributed by atoms with van der Waals surface area (Å²) in [5, 5.41) is 4.25. The number of nitrogens with two attached hydrogens (primary N) is 1. The zero-order valence-electron chi connectivity index (χ0n) is 10.6. The molecule has 0 aliphatic rings. The average Bonchev–Trinajstić information content (AvgIpc) is 2.80. The van der Waals surface area contributed by atoms with E-state index in [9.17, 15) is 4.39 Å². The van der Waals surface area contributed by atoms with Gasteiger partial charge in [0.15, 0.2) is 5.82 Å². The fourth-order valence-corrected chi connectivity index (χ4v) is 1.90. The summed E-state index contributed by atoms with van der Waals surface area (Å²) in [4.78, 5) is 4.27. The highest BCUT2D eigenvalue weighted by Gasteiger charge is 2.12. The molecule has 0 saturated heterocycles. The lowest BCUT2D eigenvalue weighted by atomic mass is 10.1. The molecule has 4 nitrogen and oxygen atoms in total. The molecule has 0 spiro atoms. The molecular formula is C13H15ClFN3O. The standard InChI is InChI=1S/C13H15ClFN3O/c1-8(7-16)4-13-17-12(18-19-13)5-9-2-3-10(15)6-11(9)14/h2-3,6,8H,4-5,7,16H2,1H3. The van der Waals surface area contributed by atoms with Crippen LogP contribution in [0.15, 0.2) is 22.7 Å². The van der Waals surface area contributed by atoms with E-state index in [0.29, 0.717) is 42.0 Å². The van der Waals surface area contributed by atoms with Crippen molar-refractivity contribution in [3.63, 3.8) is 0 Å². The average molecular weight is 284 g/mol. The topological polar surface area (TPSA) is 64.9 Å².